The summed E-state index contributed by atoms with van der Waals surface area (Å²) in [6.45, 7) is 2.66. The predicted octanol–water partition coefficient (Wildman–Crippen LogP) is 4.41. The Labute approximate surface area is 125 Å². The van der Waals surface area contributed by atoms with Gasteiger partial charge in [-0.05, 0) is 42.0 Å². The smallest absolute Gasteiger partial charge is 0.133 e. The Bertz CT molecular complexity index is 631. The second-order valence-corrected chi connectivity index (χ2v) is 5.78. The zero-order valence-corrected chi connectivity index (χ0v) is 12.3. The van der Waals surface area contributed by atoms with Gasteiger partial charge in [0.2, 0.25) is 0 Å². The van der Waals surface area contributed by atoms with Gasteiger partial charge in [0.05, 0.1) is 0 Å². The summed E-state index contributed by atoms with van der Waals surface area (Å²) in [7, 11) is 0. The van der Waals surface area contributed by atoms with E-state index in [-0.39, 0.29) is 0 Å². The lowest BCUT2D eigenvalue weighted by atomic mass is 9.96. The summed E-state index contributed by atoms with van der Waals surface area (Å²) in [6.07, 6.45) is 2.42. The molecule has 0 radical (unpaired) electrons. The Morgan fingerprint density at radius 2 is 1.95 bits per heavy atom. The van der Waals surface area contributed by atoms with Crippen LogP contribution in [-0.4, -0.2) is 5.78 Å². The number of hydrogen-bond acceptors (Lipinski definition) is 2. The zero-order chi connectivity index (χ0) is 14.7. The summed E-state index contributed by atoms with van der Waals surface area (Å²) in [5.41, 5.74) is 3.58. The monoisotopic (exact) mass is 280 g/mol. The Morgan fingerprint density at radius 1 is 1.14 bits per heavy atom. The van der Waals surface area contributed by atoms with Crippen LogP contribution < -0.4 is 4.74 Å². The SMILES string of the molecule is Cc1cc([C@@H]2CCC(=O)C2)ccc1OCc1ccccc1. The van der Waals surface area contributed by atoms with Crippen molar-refractivity contribution in [1.29, 1.82) is 0 Å². The molecule has 1 aliphatic rings. The molecule has 1 aliphatic carbocycles. The molecule has 0 spiro atoms. The second kappa shape index (κ2) is 6.13. The summed E-state index contributed by atoms with van der Waals surface area (Å²) in [6, 6.07) is 16.5. The molecule has 0 unspecified atom stereocenters. The molecule has 2 heteroatoms. The van der Waals surface area contributed by atoms with E-state index in [1.165, 1.54) is 11.1 Å². The molecule has 0 aromatic heterocycles. The third kappa shape index (κ3) is 3.33. The summed E-state index contributed by atoms with van der Waals surface area (Å²) in [4.78, 5) is 11.4. The van der Waals surface area contributed by atoms with Crippen LogP contribution in [0.4, 0.5) is 0 Å². The highest BCUT2D eigenvalue weighted by Crippen LogP contribution is 2.34. The van der Waals surface area contributed by atoms with Crippen LogP contribution in [-0.2, 0) is 11.4 Å². The van der Waals surface area contributed by atoms with Crippen LogP contribution in [0.5, 0.6) is 5.75 Å². The van der Waals surface area contributed by atoms with Crippen LogP contribution in [0.15, 0.2) is 48.5 Å². The Balaban J connectivity index is 1.68. The maximum absolute atomic E-state index is 11.4. The average Bonchev–Trinajstić information content (AvgIpc) is 2.93. The van der Waals surface area contributed by atoms with E-state index in [0.717, 1.165) is 24.2 Å². The first-order chi connectivity index (χ1) is 10.2. The number of rotatable bonds is 4. The topological polar surface area (TPSA) is 26.3 Å². The first-order valence-corrected chi connectivity index (χ1v) is 7.51. The van der Waals surface area contributed by atoms with Gasteiger partial charge in [0.25, 0.3) is 0 Å². The number of carbonyl (C=O) groups excluding carboxylic acids is 1. The molecule has 2 nitrogen and oxygen atoms in total. The van der Waals surface area contributed by atoms with Crippen LogP contribution in [0, 0.1) is 6.92 Å². The normalized spacial score (nSPS) is 18.0. The van der Waals surface area contributed by atoms with Crippen LogP contribution in [0.1, 0.15) is 41.9 Å². The highest BCUT2D eigenvalue weighted by Gasteiger charge is 2.23. The van der Waals surface area contributed by atoms with Gasteiger partial charge in [-0.15, -0.1) is 0 Å². The molecule has 2 aromatic carbocycles. The fraction of sp³-hybridized carbons (Fsp3) is 0.316. The van der Waals surface area contributed by atoms with Crippen molar-refractivity contribution in [2.24, 2.45) is 0 Å². The van der Waals surface area contributed by atoms with Crippen molar-refractivity contribution < 1.29 is 9.53 Å². The van der Waals surface area contributed by atoms with Gasteiger partial charge in [-0.1, -0.05) is 42.5 Å². The molecule has 0 saturated heterocycles. The third-order valence-electron chi connectivity index (χ3n) is 4.15. The fourth-order valence-electron chi connectivity index (χ4n) is 2.92. The lowest BCUT2D eigenvalue weighted by molar-refractivity contribution is -0.117. The summed E-state index contributed by atoms with van der Waals surface area (Å²) in [5, 5.41) is 0. The molecule has 0 heterocycles. The number of hydrogen-bond donors (Lipinski definition) is 0. The van der Waals surface area contributed by atoms with Crippen LogP contribution in [0.3, 0.4) is 0 Å². The van der Waals surface area contributed by atoms with Crippen LogP contribution >= 0.6 is 0 Å². The van der Waals surface area contributed by atoms with E-state index in [2.05, 4.69) is 31.2 Å². The number of Topliss-reactive ketones (excluding diaryl/α,β-unsaturated/α-hetero) is 1. The number of ether oxygens (including phenoxy) is 1. The standard InChI is InChI=1S/C19H20O2/c1-14-11-16(17-7-9-18(20)12-17)8-10-19(14)21-13-15-5-3-2-4-6-15/h2-6,8,10-11,17H,7,9,12-13H2,1H3/t17-/m1/s1. The molecule has 0 N–H and O–H groups in total. The van der Waals surface area contributed by atoms with Crippen molar-refractivity contribution in [2.75, 3.05) is 0 Å². The van der Waals surface area contributed by atoms with E-state index in [4.69, 9.17) is 4.74 Å². The molecule has 21 heavy (non-hydrogen) atoms. The maximum Gasteiger partial charge on any atom is 0.133 e. The van der Waals surface area contributed by atoms with Crippen molar-refractivity contribution in [3.05, 3.63) is 65.2 Å². The van der Waals surface area contributed by atoms with Gasteiger partial charge in [0.15, 0.2) is 0 Å². The lowest BCUT2D eigenvalue weighted by Gasteiger charge is -2.13. The number of ketones is 1. The van der Waals surface area contributed by atoms with Crippen molar-refractivity contribution in [1.82, 2.24) is 0 Å². The predicted molar refractivity (Wildman–Crippen MR) is 83.6 cm³/mol. The molecule has 0 amide bonds. The number of benzene rings is 2. The zero-order valence-electron chi connectivity index (χ0n) is 12.3. The molecule has 0 bridgehead atoms. The van der Waals surface area contributed by atoms with Gasteiger partial charge in [0.1, 0.15) is 18.1 Å². The molecule has 1 atom stereocenters. The van der Waals surface area contributed by atoms with Crippen molar-refractivity contribution in [3.8, 4) is 5.75 Å². The average molecular weight is 280 g/mol. The molecule has 2 aromatic rings. The van der Waals surface area contributed by atoms with Gasteiger partial charge < -0.3 is 4.74 Å². The summed E-state index contributed by atoms with van der Waals surface area (Å²) >= 11 is 0. The molecule has 1 fully saturated rings. The Kier molecular flexibility index (Phi) is 4.05. The Hall–Kier alpha value is -2.09. The minimum atomic E-state index is 0.391. The molecule has 0 aliphatic heterocycles. The largest absolute Gasteiger partial charge is 0.489 e. The second-order valence-electron chi connectivity index (χ2n) is 5.78. The number of carbonyl (C=O) groups is 1. The van der Waals surface area contributed by atoms with Gasteiger partial charge in [-0.25, -0.2) is 0 Å². The molecular weight excluding hydrogens is 260 g/mol. The summed E-state index contributed by atoms with van der Waals surface area (Å²) < 4.78 is 5.89. The van der Waals surface area contributed by atoms with E-state index >= 15 is 0 Å². The molecule has 3 rings (SSSR count). The fourth-order valence-corrected chi connectivity index (χ4v) is 2.92. The first kappa shape index (κ1) is 13.9. The van der Waals surface area contributed by atoms with Crippen molar-refractivity contribution in [3.63, 3.8) is 0 Å². The summed E-state index contributed by atoms with van der Waals surface area (Å²) in [5.74, 6) is 1.72. The maximum atomic E-state index is 11.4. The minimum absolute atomic E-state index is 0.391. The number of aryl methyl sites for hydroxylation is 1. The highest BCUT2D eigenvalue weighted by molar-refractivity contribution is 5.81. The first-order valence-electron chi connectivity index (χ1n) is 7.51. The van der Waals surface area contributed by atoms with Crippen molar-refractivity contribution in [2.45, 2.75) is 38.7 Å². The molecule has 108 valence electrons. The molecular formula is C19H20O2. The van der Waals surface area contributed by atoms with Crippen molar-refractivity contribution >= 4 is 5.78 Å². The quantitative estimate of drug-likeness (QED) is 0.829. The third-order valence-corrected chi connectivity index (χ3v) is 4.15. The van der Waals surface area contributed by atoms with E-state index in [9.17, 15) is 4.79 Å². The highest BCUT2D eigenvalue weighted by atomic mass is 16.5. The van der Waals surface area contributed by atoms with E-state index < -0.39 is 0 Å². The molecule has 1 saturated carbocycles. The van der Waals surface area contributed by atoms with Gasteiger partial charge in [0, 0.05) is 12.8 Å². The van der Waals surface area contributed by atoms with Gasteiger partial charge in [-0.3, -0.25) is 4.79 Å². The van der Waals surface area contributed by atoms with E-state index in [1.807, 2.05) is 24.3 Å². The van der Waals surface area contributed by atoms with Gasteiger partial charge in [-0.2, -0.15) is 0 Å². The lowest BCUT2D eigenvalue weighted by Crippen LogP contribution is -1.99. The van der Waals surface area contributed by atoms with E-state index in [1.54, 1.807) is 0 Å². The van der Waals surface area contributed by atoms with E-state index in [0.29, 0.717) is 24.7 Å². The minimum Gasteiger partial charge on any atom is -0.489 e. The van der Waals surface area contributed by atoms with Gasteiger partial charge >= 0.3 is 0 Å². The Morgan fingerprint density at radius 3 is 2.62 bits per heavy atom. The van der Waals surface area contributed by atoms with Crippen LogP contribution in [0.2, 0.25) is 0 Å². The van der Waals surface area contributed by atoms with Crippen LogP contribution in [0.25, 0.3) is 0 Å².